The lowest BCUT2D eigenvalue weighted by molar-refractivity contribution is -0.119. The molecule has 3 aromatic heterocycles. The Labute approximate surface area is 178 Å². The maximum Gasteiger partial charge on any atom is 0.267 e. The summed E-state index contributed by atoms with van der Waals surface area (Å²) in [6, 6.07) is 10.3. The number of aromatic nitrogens is 1. The van der Waals surface area contributed by atoms with Crippen LogP contribution in [0.5, 0.6) is 0 Å². The fourth-order valence-electron chi connectivity index (χ4n) is 2.79. The number of rotatable bonds is 5. The molecule has 3 heterocycles. The van der Waals surface area contributed by atoms with Crippen LogP contribution < -0.4 is 10.6 Å². The Hall–Kier alpha value is -2.62. The Morgan fingerprint density at radius 1 is 1.14 bits per heavy atom. The van der Waals surface area contributed by atoms with E-state index in [0.29, 0.717) is 21.9 Å². The van der Waals surface area contributed by atoms with Crippen LogP contribution in [0.25, 0.3) is 20.7 Å². The van der Waals surface area contributed by atoms with Gasteiger partial charge in [-0.2, -0.15) is 0 Å². The fourth-order valence-corrected chi connectivity index (χ4v) is 5.64. The first-order chi connectivity index (χ1) is 13.9. The first kappa shape index (κ1) is 19.7. The van der Waals surface area contributed by atoms with Crippen LogP contribution in [0.3, 0.4) is 0 Å². The number of hydrogen-bond acceptors (Lipinski definition) is 6. The highest BCUT2D eigenvalue weighted by Crippen LogP contribution is 2.35. The maximum atomic E-state index is 13.9. The molecule has 4 aromatic rings. The van der Waals surface area contributed by atoms with Gasteiger partial charge in [0.25, 0.3) is 5.91 Å². The second-order valence-corrected chi connectivity index (χ2v) is 9.77. The van der Waals surface area contributed by atoms with Gasteiger partial charge in [-0.05, 0) is 37.3 Å². The summed E-state index contributed by atoms with van der Waals surface area (Å²) in [6.45, 7) is 3.92. The van der Waals surface area contributed by atoms with Gasteiger partial charge in [0.2, 0.25) is 5.91 Å². The number of aryl methyl sites for hydroxylation is 1. The van der Waals surface area contributed by atoms with Gasteiger partial charge in [0, 0.05) is 26.8 Å². The zero-order valence-electron chi connectivity index (χ0n) is 15.5. The minimum absolute atomic E-state index is 0.0732. The summed E-state index contributed by atoms with van der Waals surface area (Å²) in [4.78, 5) is 31.7. The number of anilines is 1. The fraction of sp³-hybridized carbons (Fsp3) is 0.150. The number of hydrogen-bond donors (Lipinski definition) is 2. The third kappa shape index (κ3) is 4.21. The summed E-state index contributed by atoms with van der Waals surface area (Å²) < 4.78 is 14.6. The van der Waals surface area contributed by atoms with Gasteiger partial charge in [-0.25, -0.2) is 9.37 Å². The average Bonchev–Trinajstić information content (AvgIpc) is 3.38. The van der Waals surface area contributed by atoms with Crippen molar-refractivity contribution in [2.45, 2.75) is 20.4 Å². The summed E-state index contributed by atoms with van der Waals surface area (Å²) in [5.41, 5.74) is 0.812. The number of fused-ring (bicyclic) bond motifs is 1. The highest BCUT2D eigenvalue weighted by molar-refractivity contribution is 7.21. The summed E-state index contributed by atoms with van der Waals surface area (Å²) in [5, 5.41) is 6.54. The van der Waals surface area contributed by atoms with Crippen molar-refractivity contribution in [3.05, 3.63) is 56.8 Å². The number of thiazole rings is 1. The van der Waals surface area contributed by atoms with E-state index in [-0.39, 0.29) is 17.6 Å². The molecule has 0 saturated heterocycles. The zero-order valence-corrected chi connectivity index (χ0v) is 18.0. The van der Waals surface area contributed by atoms with Crippen LogP contribution in [0.2, 0.25) is 0 Å². The smallest absolute Gasteiger partial charge is 0.267 e. The van der Waals surface area contributed by atoms with Crippen molar-refractivity contribution in [1.82, 2.24) is 10.3 Å². The van der Waals surface area contributed by atoms with E-state index in [1.807, 2.05) is 19.1 Å². The molecule has 0 saturated carbocycles. The maximum absolute atomic E-state index is 13.9. The number of carbonyl (C=O) groups excluding carboxylic acids is 2. The van der Waals surface area contributed by atoms with E-state index >= 15 is 0 Å². The van der Waals surface area contributed by atoms with Gasteiger partial charge in [-0.15, -0.1) is 34.0 Å². The first-order valence-corrected chi connectivity index (χ1v) is 11.2. The van der Waals surface area contributed by atoms with E-state index in [0.717, 1.165) is 25.0 Å². The SMILES string of the molecule is CC(=O)NCc1ccc(-c2nc(NC(=O)c3cc4c(F)cccc4s3)sc2C)s1. The van der Waals surface area contributed by atoms with Crippen molar-refractivity contribution in [1.29, 1.82) is 0 Å². The summed E-state index contributed by atoms with van der Waals surface area (Å²) >= 11 is 4.20. The monoisotopic (exact) mass is 445 g/mol. The molecule has 148 valence electrons. The Morgan fingerprint density at radius 3 is 2.72 bits per heavy atom. The number of carbonyl (C=O) groups is 2. The van der Waals surface area contributed by atoms with Crippen LogP contribution in [-0.2, 0) is 11.3 Å². The molecule has 2 N–H and O–H groups in total. The van der Waals surface area contributed by atoms with Crippen LogP contribution in [-0.4, -0.2) is 16.8 Å². The lowest BCUT2D eigenvalue weighted by atomic mass is 10.2. The molecule has 0 radical (unpaired) electrons. The average molecular weight is 446 g/mol. The van der Waals surface area contributed by atoms with Gasteiger partial charge in [0.15, 0.2) is 5.13 Å². The van der Waals surface area contributed by atoms with Gasteiger partial charge < -0.3 is 5.32 Å². The highest BCUT2D eigenvalue weighted by Gasteiger charge is 2.17. The molecule has 2 amide bonds. The number of thiophene rings is 2. The van der Waals surface area contributed by atoms with Crippen LogP contribution in [0, 0.1) is 12.7 Å². The zero-order chi connectivity index (χ0) is 20.5. The second kappa shape index (κ2) is 8.02. The summed E-state index contributed by atoms with van der Waals surface area (Å²) in [7, 11) is 0. The number of nitrogens with one attached hydrogen (secondary N) is 2. The molecule has 0 bridgehead atoms. The largest absolute Gasteiger partial charge is 0.351 e. The number of amides is 2. The molecule has 0 aliphatic rings. The van der Waals surface area contributed by atoms with Gasteiger partial charge in [0.05, 0.1) is 22.0 Å². The number of benzene rings is 1. The van der Waals surface area contributed by atoms with Crippen molar-refractivity contribution in [3.63, 3.8) is 0 Å². The Kier molecular flexibility index (Phi) is 5.44. The molecule has 0 aliphatic heterocycles. The van der Waals surface area contributed by atoms with Crippen molar-refractivity contribution < 1.29 is 14.0 Å². The van der Waals surface area contributed by atoms with Crippen molar-refractivity contribution in [3.8, 4) is 10.6 Å². The van der Waals surface area contributed by atoms with Crippen LogP contribution >= 0.6 is 34.0 Å². The predicted molar refractivity (Wildman–Crippen MR) is 117 cm³/mol. The predicted octanol–water partition coefficient (Wildman–Crippen LogP) is 5.42. The molecule has 9 heteroatoms. The van der Waals surface area contributed by atoms with E-state index in [4.69, 9.17) is 0 Å². The summed E-state index contributed by atoms with van der Waals surface area (Å²) in [6.07, 6.45) is 0. The molecule has 4 rings (SSSR count). The van der Waals surface area contributed by atoms with E-state index in [2.05, 4.69) is 15.6 Å². The summed E-state index contributed by atoms with van der Waals surface area (Å²) in [5.74, 6) is -0.711. The minimum Gasteiger partial charge on any atom is -0.351 e. The van der Waals surface area contributed by atoms with Crippen molar-refractivity contribution in [2.75, 3.05) is 5.32 Å². The van der Waals surface area contributed by atoms with Gasteiger partial charge in [-0.1, -0.05) is 6.07 Å². The Balaban J connectivity index is 1.52. The quantitative estimate of drug-likeness (QED) is 0.431. The van der Waals surface area contributed by atoms with E-state index in [9.17, 15) is 14.0 Å². The Morgan fingerprint density at radius 2 is 1.97 bits per heavy atom. The first-order valence-electron chi connectivity index (χ1n) is 8.71. The lowest BCUT2D eigenvalue weighted by Crippen LogP contribution is -2.17. The normalized spacial score (nSPS) is 11.0. The van der Waals surface area contributed by atoms with Gasteiger partial charge in [0.1, 0.15) is 5.82 Å². The third-order valence-electron chi connectivity index (χ3n) is 4.16. The molecule has 0 atom stereocenters. The lowest BCUT2D eigenvalue weighted by Gasteiger charge is -1.98. The molecule has 0 spiro atoms. The number of nitrogens with zero attached hydrogens (tertiary/aromatic N) is 1. The van der Waals surface area contributed by atoms with Gasteiger partial charge >= 0.3 is 0 Å². The van der Waals surface area contributed by atoms with Crippen LogP contribution in [0.15, 0.2) is 36.4 Å². The second-order valence-electron chi connectivity index (χ2n) is 6.32. The Bertz CT molecular complexity index is 1220. The van der Waals surface area contributed by atoms with E-state index in [1.165, 1.54) is 35.7 Å². The van der Waals surface area contributed by atoms with E-state index < -0.39 is 0 Å². The van der Waals surface area contributed by atoms with Crippen LogP contribution in [0.1, 0.15) is 26.3 Å². The van der Waals surface area contributed by atoms with Crippen molar-refractivity contribution >= 4 is 61.0 Å². The molecule has 0 aliphatic carbocycles. The highest BCUT2D eigenvalue weighted by atomic mass is 32.1. The molecular formula is C20H16FN3O2S3. The van der Waals surface area contributed by atoms with Crippen LogP contribution in [0.4, 0.5) is 9.52 Å². The third-order valence-corrected chi connectivity index (χ3v) is 7.23. The molecule has 5 nitrogen and oxygen atoms in total. The van der Waals surface area contributed by atoms with E-state index in [1.54, 1.807) is 29.5 Å². The molecule has 29 heavy (non-hydrogen) atoms. The molecular weight excluding hydrogens is 429 g/mol. The topological polar surface area (TPSA) is 71.1 Å². The van der Waals surface area contributed by atoms with Crippen molar-refractivity contribution in [2.24, 2.45) is 0 Å². The molecule has 0 unspecified atom stereocenters. The van der Waals surface area contributed by atoms with Gasteiger partial charge in [-0.3, -0.25) is 14.9 Å². The standard InChI is InChI=1S/C20H16FN3O2S3/c1-10-18(16-7-6-12(28-16)9-22-11(2)25)23-20(27-10)24-19(26)17-8-13-14(21)4-3-5-15(13)29-17/h3-8H,9H2,1-2H3,(H,22,25)(H,23,24,26). The minimum atomic E-state index is -0.335. The molecule has 0 fully saturated rings. The number of halogens is 1. The molecule has 1 aromatic carbocycles.